The Hall–Kier alpha value is -2.12. The molecule has 0 saturated carbocycles. The number of aromatic nitrogens is 2. The van der Waals surface area contributed by atoms with Gasteiger partial charge in [0.25, 0.3) is 0 Å². The lowest BCUT2D eigenvalue weighted by molar-refractivity contribution is -0.141. The highest BCUT2D eigenvalue weighted by Gasteiger charge is 2.33. The first-order valence-corrected chi connectivity index (χ1v) is 5.66. The van der Waals surface area contributed by atoms with Crippen LogP contribution < -0.4 is 0 Å². The summed E-state index contributed by atoms with van der Waals surface area (Å²) in [4.78, 5) is 6.71. The average molecular weight is 306 g/mol. The quantitative estimate of drug-likeness (QED) is 0.725. The first-order valence-electron chi connectivity index (χ1n) is 5.66. The molecule has 0 aliphatic rings. The van der Waals surface area contributed by atoms with E-state index < -0.39 is 23.6 Å². The lowest BCUT2D eigenvalue weighted by Crippen LogP contribution is -2.09. The van der Waals surface area contributed by atoms with Crippen molar-refractivity contribution in [1.29, 1.82) is 0 Å². The van der Waals surface area contributed by atoms with Crippen LogP contribution in [0.5, 0.6) is 0 Å². The molecule has 0 radical (unpaired) electrons. The van der Waals surface area contributed by atoms with Gasteiger partial charge < -0.3 is 0 Å². The Bertz CT molecular complexity index is 643. The van der Waals surface area contributed by atoms with Crippen LogP contribution in [0.2, 0.25) is 0 Å². The van der Waals surface area contributed by atoms with Crippen LogP contribution in [0, 0.1) is 6.92 Å². The lowest BCUT2D eigenvalue weighted by atomic mass is 10.0. The highest BCUT2D eigenvalue weighted by Crippen LogP contribution is 2.33. The molecule has 1 aromatic heterocycles. The molecule has 0 N–H and O–H groups in total. The van der Waals surface area contributed by atoms with E-state index in [4.69, 9.17) is 0 Å². The van der Waals surface area contributed by atoms with E-state index in [2.05, 4.69) is 9.97 Å². The maximum Gasteiger partial charge on any atom is 0.434 e. The van der Waals surface area contributed by atoms with Crippen molar-refractivity contribution < 1.29 is 26.3 Å². The Balaban J connectivity index is 2.45. The molecule has 1 heterocycles. The fourth-order valence-corrected chi connectivity index (χ4v) is 1.72. The van der Waals surface area contributed by atoms with Gasteiger partial charge in [0.1, 0.15) is 0 Å². The van der Waals surface area contributed by atoms with E-state index >= 15 is 0 Å². The Kier molecular flexibility index (Phi) is 3.65. The molecule has 8 heteroatoms. The standard InChI is InChI=1S/C13H8F6N2/c1-7-2-8(4-9(3-7)12(14,15)16)10-5-21-11(6-20-10)13(17,18)19/h2-6H,1H3. The minimum Gasteiger partial charge on any atom is -0.252 e. The number of nitrogens with zero attached hydrogens (tertiary/aromatic N) is 2. The second-order valence-electron chi connectivity index (χ2n) is 4.37. The van der Waals surface area contributed by atoms with E-state index in [0.717, 1.165) is 18.3 Å². The summed E-state index contributed by atoms with van der Waals surface area (Å²) in [6.07, 6.45) is -7.89. The van der Waals surface area contributed by atoms with E-state index in [0.29, 0.717) is 11.8 Å². The maximum atomic E-state index is 12.7. The molecule has 0 aliphatic heterocycles. The molecule has 2 nitrogen and oxygen atoms in total. The molecule has 0 aliphatic carbocycles. The molecule has 0 fully saturated rings. The molecule has 112 valence electrons. The molecule has 0 spiro atoms. The Labute approximate surface area is 115 Å². The van der Waals surface area contributed by atoms with Gasteiger partial charge in [0.15, 0.2) is 5.69 Å². The highest BCUT2D eigenvalue weighted by molar-refractivity contribution is 5.60. The third kappa shape index (κ3) is 3.50. The van der Waals surface area contributed by atoms with E-state index in [1.165, 1.54) is 13.0 Å². The number of aryl methyl sites for hydroxylation is 1. The normalized spacial score (nSPS) is 12.5. The van der Waals surface area contributed by atoms with Crippen molar-refractivity contribution in [3.63, 3.8) is 0 Å². The summed E-state index contributed by atoms with van der Waals surface area (Å²) in [6.45, 7) is 1.45. The van der Waals surface area contributed by atoms with Gasteiger partial charge in [-0.1, -0.05) is 0 Å². The van der Waals surface area contributed by atoms with Crippen molar-refractivity contribution in [1.82, 2.24) is 9.97 Å². The molecule has 2 aromatic rings. The summed E-state index contributed by atoms with van der Waals surface area (Å²) in [6, 6.07) is 3.16. The van der Waals surface area contributed by atoms with Gasteiger partial charge in [-0.2, -0.15) is 26.3 Å². The van der Waals surface area contributed by atoms with E-state index in [1.54, 1.807) is 0 Å². The fourth-order valence-electron chi connectivity index (χ4n) is 1.72. The molecule has 0 unspecified atom stereocenters. The van der Waals surface area contributed by atoms with Crippen LogP contribution in [0.3, 0.4) is 0 Å². The van der Waals surface area contributed by atoms with E-state index in [1.807, 2.05) is 0 Å². The van der Waals surface area contributed by atoms with Crippen molar-refractivity contribution in [3.05, 3.63) is 47.4 Å². The molecule has 0 amide bonds. The van der Waals surface area contributed by atoms with Crippen LogP contribution in [0.15, 0.2) is 30.6 Å². The zero-order valence-electron chi connectivity index (χ0n) is 10.5. The predicted molar refractivity (Wildman–Crippen MR) is 62.2 cm³/mol. The summed E-state index contributed by atoms with van der Waals surface area (Å²) in [5.74, 6) is 0. The summed E-state index contributed by atoms with van der Waals surface area (Å²) in [5.41, 5.74) is -1.77. The molecular formula is C13H8F6N2. The number of benzene rings is 1. The largest absolute Gasteiger partial charge is 0.434 e. The predicted octanol–water partition coefficient (Wildman–Crippen LogP) is 4.49. The van der Waals surface area contributed by atoms with Gasteiger partial charge in [0.2, 0.25) is 0 Å². The van der Waals surface area contributed by atoms with Crippen molar-refractivity contribution in [2.75, 3.05) is 0 Å². The first-order chi connectivity index (χ1) is 9.57. The second kappa shape index (κ2) is 5.01. The molecule has 1 aromatic carbocycles. The first kappa shape index (κ1) is 15.3. The lowest BCUT2D eigenvalue weighted by Gasteiger charge is -2.11. The van der Waals surface area contributed by atoms with Gasteiger partial charge in [-0.05, 0) is 30.7 Å². The molecule has 0 bridgehead atoms. The topological polar surface area (TPSA) is 25.8 Å². The van der Waals surface area contributed by atoms with Gasteiger partial charge in [-0.3, -0.25) is 4.98 Å². The van der Waals surface area contributed by atoms with Gasteiger partial charge in [0.05, 0.1) is 23.7 Å². The monoisotopic (exact) mass is 306 g/mol. The van der Waals surface area contributed by atoms with Crippen molar-refractivity contribution in [2.24, 2.45) is 0 Å². The average Bonchev–Trinajstić information content (AvgIpc) is 2.36. The zero-order valence-corrected chi connectivity index (χ0v) is 10.5. The minimum atomic E-state index is -4.64. The Morgan fingerprint density at radius 2 is 1.48 bits per heavy atom. The summed E-state index contributed by atoms with van der Waals surface area (Å²) in [5, 5.41) is 0. The van der Waals surface area contributed by atoms with Crippen LogP contribution in [0.1, 0.15) is 16.8 Å². The van der Waals surface area contributed by atoms with Gasteiger partial charge in [0, 0.05) is 5.56 Å². The number of alkyl halides is 6. The molecule has 0 saturated heterocycles. The van der Waals surface area contributed by atoms with Crippen molar-refractivity contribution in [3.8, 4) is 11.3 Å². The van der Waals surface area contributed by atoms with E-state index in [9.17, 15) is 26.3 Å². The van der Waals surface area contributed by atoms with Crippen LogP contribution in [-0.4, -0.2) is 9.97 Å². The highest BCUT2D eigenvalue weighted by atomic mass is 19.4. The Morgan fingerprint density at radius 3 is 1.95 bits per heavy atom. The minimum absolute atomic E-state index is 0.0581. The number of hydrogen-bond donors (Lipinski definition) is 0. The SMILES string of the molecule is Cc1cc(-c2cnc(C(F)(F)F)cn2)cc(C(F)(F)F)c1. The zero-order chi connectivity index (χ0) is 15.8. The molecule has 21 heavy (non-hydrogen) atoms. The van der Waals surface area contributed by atoms with Crippen molar-refractivity contribution >= 4 is 0 Å². The maximum absolute atomic E-state index is 12.7. The van der Waals surface area contributed by atoms with Crippen LogP contribution in [0.4, 0.5) is 26.3 Å². The third-order valence-corrected chi connectivity index (χ3v) is 2.64. The van der Waals surface area contributed by atoms with Crippen LogP contribution >= 0.6 is 0 Å². The summed E-state index contributed by atoms with van der Waals surface area (Å²) < 4.78 is 75.2. The smallest absolute Gasteiger partial charge is 0.252 e. The van der Waals surface area contributed by atoms with Crippen molar-refractivity contribution in [2.45, 2.75) is 19.3 Å². The Morgan fingerprint density at radius 1 is 0.810 bits per heavy atom. The molecule has 0 atom stereocenters. The fraction of sp³-hybridized carbons (Fsp3) is 0.231. The summed E-state index contributed by atoms with van der Waals surface area (Å²) >= 11 is 0. The number of halogens is 6. The van der Waals surface area contributed by atoms with Gasteiger partial charge in [-0.15, -0.1) is 0 Å². The van der Waals surface area contributed by atoms with Gasteiger partial charge in [-0.25, -0.2) is 4.98 Å². The number of hydrogen-bond acceptors (Lipinski definition) is 2. The van der Waals surface area contributed by atoms with Crippen LogP contribution in [-0.2, 0) is 12.4 Å². The second-order valence-corrected chi connectivity index (χ2v) is 4.37. The summed E-state index contributed by atoms with van der Waals surface area (Å²) in [7, 11) is 0. The number of rotatable bonds is 1. The molecular weight excluding hydrogens is 298 g/mol. The third-order valence-electron chi connectivity index (χ3n) is 2.64. The molecule has 2 rings (SSSR count). The van der Waals surface area contributed by atoms with E-state index in [-0.39, 0.29) is 11.3 Å². The van der Waals surface area contributed by atoms with Crippen LogP contribution in [0.25, 0.3) is 11.3 Å². The van der Waals surface area contributed by atoms with Gasteiger partial charge >= 0.3 is 12.4 Å².